The predicted molar refractivity (Wildman–Crippen MR) is 121 cm³/mol. The van der Waals surface area contributed by atoms with E-state index in [1.807, 2.05) is 20.8 Å². The maximum absolute atomic E-state index is 13.8. The van der Waals surface area contributed by atoms with Gasteiger partial charge in [-0.15, -0.1) is 0 Å². The van der Waals surface area contributed by atoms with E-state index < -0.39 is 18.3 Å². The summed E-state index contributed by atoms with van der Waals surface area (Å²) in [7, 11) is 1.73. The summed E-state index contributed by atoms with van der Waals surface area (Å²) in [5, 5.41) is 7.46. The fourth-order valence-electron chi connectivity index (χ4n) is 4.14. The molecule has 1 saturated heterocycles. The Kier molecular flexibility index (Phi) is 7.01. The number of pyridine rings is 1. The van der Waals surface area contributed by atoms with Gasteiger partial charge in [-0.2, -0.15) is 5.10 Å². The number of aryl methyl sites for hydroxylation is 1. The number of halogens is 3. The molecule has 0 aromatic carbocycles. The Hall–Kier alpha value is -3.54. The van der Waals surface area contributed by atoms with Crippen molar-refractivity contribution in [1.82, 2.24) is 29.6 Å². The molecule has 3 atom stereocenters. The summed E-state index contributed by atoms with van der Waals surface area (Å²) in [6, 6.07) is 2.38. The van der Waals surface area contributed by atoms with E-state index in [1.54, 1.807) is 16.6 Å². The van der Waals surface area contributed by atoms with Crippen molar-refractivity contribution in [1.29, 1.82) is 0 Å². The third kappa shape index (κ3) is 5.11. The Balaban J connectivity index is 1.61. The van der Waals surface area contributed by atoms with Gasteiger partial charge in [-0.25, -0.2) is 23.1 Å². The van der Waals surface area contributed by atoms with Gasteiger partial charge in [0, 0.05) is 38.2 Å². The van der Waals surface area contributed by atoms with Crippen LogP contribution >= 0.6 is 0 Å². The third-order valence-electron chi connectivity index (χ3n) is 6.02. The van der Waals surface area contributed by atoms with Crippen LogP contribution < -0.4 is 5.32 Å². The molecule has 186 valence electrons. The summed E-state index contributed by atoms with van der Waals surface area (Å²) >= 11 is 0. The molecule has 0 radical (unpaired) electrons. The monoisotopic (exact) mass is 489 g/mol. The molecule has 9 nitrogen and oxygen atoms in total. The number of nitrogens with one attached hydrogen (secondary N) is 1. The summed E-state index contributed by atoms with van der Waals surface area (Å²) in [5.41, 5.74) is 1.61. The van der Waals surface area contributed by atoms with Crippen LogP contribution in [-0.4, -0.2) is 66.9 Å². The van der Waals surface area contributed by atoms with Crippen molar-refractivity contribution < 1.29 is 22.7 Å². The van der Waals surface area contributed by atoms with E-state index in [4.69, 9.17) is 4.74 Å². The Bertz CT molecular complexity index is 1190. The van der Waals surface area contributed by atoms with Gasteiger partial charge in [-0.1, -0.05) is 0 Å². The fraction of sp³-hybridized carbons (Fsp3) is 0.435. The Morgan fingerprint density at radius 2 is 1.91 bits per heavy atom. The van der Waals surface area contributed by atoms with Gasteiger partial charge in [0.25, 0.3) is 12.3 Å². The zero-order valence-electron chi connectivity index (χ0n) is 19.7. The van der Waals surface area contributed by atoms with Crippen molar-refractivity contribution in [2.24, 2.45) is 7.05 Å². The molecule has 0 aliphatic carbocycles. The topological polar surface area (TPSA) is 98.1 Å². The van der Waals surface area contributed by atoms with E-state index >= 15 is 0 Å². The number of carbonyl (C=O) groups is 1. The molecule has 0 unspecified atom stereocenters. The summed E-state index contributed by atoms with van der Waals surface area (Å²) < 4.78 is 46.6. The lowest BCUT2D eigenvalue weighted by Crippen LogP contribution is -2.58. The first-order valence-electron chi connectivity index (χ1n) is 11.1. The quantitative estimate of drug-likeness (QED) is 0.567. The van der Waals surface area contributed by atoms with Crippen molar-refractivity contribution >= 4 is 11.9 Å². The first kappa shape index (κ1) is 24.6. The molecule has 1 amide bonds. The lowest BCUT2D eigenvalue weighted by atomic mass is 10.0. The zero-order chi connectivity index (χ0) is 25.3. The van der Waals surface area contributed by atoms with Gasteiger partial charge >= 0.3 is 0 Å². The van der Waals surface area contributed by atoms with Crippen molar-refractivity contribution in [2.45, 2.75) is 45.4 Å². The van der Waals surface area contributed by atoms with E-state index in [-0.39, 0.29) is 41.9 Å². The van der Waals surface area contributed by atoms with E-state index in [1.165, 1.54) is 12.1 Å². The van der Waals surface area contributed by atoms with Crippen LogP contribution in [0.1, 0.15) is 42.0 Å². The molecule has 3 aromatic heterocycles. The highest BCUT2D eigenvalue weighted by Gasteiger charge is 2.38. The molecule has 35 heavy (non-hydrogen) atoms. The molecule has 0 spiro atoms. The SMILES string of the molecule is Cc1c(-c2ccc(F)cn2)c(C(=O)N2C[C@@H](C)O[C@@H](C)[C@H]2CNc2ncc(C(F)F)cn2)nn1C. The van der Waals surface area contributed by atoms with Gasteiger partial charge < -0.3 is 15.0 Å². The molecule has 1 aliphatic heterocycles. The molecule has 4 heterocycles. The second-order valence-electron chi connectivity index (χ2n) is 8.49. The number of alkyl halides is 2. The van der Waals surface area contributed by atoms with Gasteiger partial charge in [0.1, 0.15) is 5.82 Å². The minimum atomic E-state index is -2.66. The van der Waals surface area contributed by atoms with Gasteiger partial charge in [-0.05, 0) is 32.9 Å². The Labute approximate surface area is 200 Å². The molecule has 1 N–H and O–H groups in total. The van der Waals surface area contributed by atoms with Gasteiger partial charge in [-0.3, -0.25) is 14.5 Å². The predicted octanol–water partition coefficient (Wildman–Crippen LogP) is 3.39. The van der Waals surface area contributed by atoms with Crippen LogP contribution in [0.3, 0.4) is 0 Å². The maximum Gasteiger partial charge on any atom is 0.275 e. The molecule has 12 heteroatoms. The number of aromatic nitrogens is 5. The fourth-order valence-corrected chi connectivity index (χ4v) is 4.14. The van der Waals surface area contributed by atoms with Crippen LogP contribution in [0.25, 0.3) is 11.3 Å². The second-order valence-corrected chi connectivity index (χ2v) is 8.49. The lowest BCUT2D eigenvalue weighted by Gasteiger charge is -2.42. The summed E-state index contributed by atoms with van der Waals surface area (Å²) in [4.78, 5) is 27.5. The molecule has 1 aliphatic rings. The molecule has 0 saturated carbocycles. The average Bonchev–Trinajstić information content (AvgIpc) is 3.12. The Morgan fingerprint density at radius 3 is 2.54 bits per heavy atom. The highest BCUT2D eigenvalue weighted by atomic mass is 19.3. The standard InChI is InChI=1S/C23H26F3N7O2/c1-12-11-33(18(14(3)35-12)10-30-23-28-7-15(8-29-23)21(25)26)22(34)20-19(13(2)32(4)31-20)17-6-5-16(24)9-27-17/h5-9,12,14,18,21H,10-11H2,1-4H3,(H,28,29,30)/t12-,14+,18-/m1/s1. The van der Waals surface area contributed by atoms with Crippen LogP contribution in [0.4, 0.5) is 19.1 Å². The van der Waals surface area contributed by atoms with Crippen molar-refractivity contribution in [3.63, 3.8) is 0 Å². The second kappa shape index (κ2) is 9.98. The van der Waals surface area contributed by atoms with Crippen LogP contribution in [0.5, 0.6) is 0 Å². The third-order valence-corrected chi connectivity index (χ3v) is 6.02. The number of amides is 1. The molecule has 0 bridgehead atoms. The number of hydrogen-bond acceptors (Lipinski definition) is 7. The van der Waals surface area contributed by atoms with Crippen molar-refractivity contribution in [3.05, 3.63) is 53.5 Å². The lowest BCUT2D eigenvalue weighted by molar-refractivity contribution is -0.0880. The average molecular weight is 490 g/mol. The Morgan fingerprint density at radius 1 is 1.20 bits per heavy atom. The zero-order valence-corrected chi connectivity index (χ0v) is 19.7. The molecular weight excluding hydrogens is 463 g/mol. The van der Waals surface area contributed by atoms with Gasteiger partial charge in [0.05, 0.1) is 41.3 Å². The number of carbonyl (C=O) groups excluding carboxylic acids is 1. The van der Waals surface area contributed by atoms with Crippen LogP contribution in [0.2, 0.25) is 0 Å². The number of anilines is 1. The van der Waals surface area contributed by atoms with Gasteiger partial charge in [0.2, 0.25) is 5.95 Å². The van der Waals surface area contributed by atoms with Crippen LogP contribution in [0.15, 0.2) is 30.7 Å². The molecule has 3 aromatic rings. The number of rotatable bonds is 6. The summed E-state index contributed by atoms with van der Waals surface area (Å²) in [6.07, 6.45) is 0.00396. The van der Waals surface area contributed by atoms with E-state index in [9.17, 15) is 18.0 Å². The molecule has 4 rings (SSSR count). The first-order valence-corrected chi connectivity index (χ1v) is 11.1. The normalized spacial score (nSPS) is 20.3. The van der Waals surface area contributed by atoms with Gasteiger partial charge in [0.15, 0.2) is 5.69 Å². The van der Waals surface area contributed by atoms with Crippen molar-refractivity contribution in [2.75, 3.05) is 18.4 Å². The van der Waals surface area contributed by atoms with Crippen LogP contribution in [0, 0.1) is 12.7 Å². The highest BCUT2D eigenvalue weighted by molar-refractivity contribution is 5.99. The first-order chi connectivity index (χ1) is 16.7. The largest absolute Gasteiger partial charge is 0.372 e. The van der Waals surface area contributed by atoms with Crippen LogP contribution in [-0.2, 0) is 11.8 Å². The number of hydrogen-bond donors (Lipinski definition) is 1. The van der Waals surface area contributed by atoms with E-state index in [2.05, 4.69) is 25.4 Å². The summed E-state index contributed by atoms with van der Waals surface area (Å²) in [5.74, 6) is -0.635. The van der Waals surface area contributed by atoms with Crippen molar-refractivity contribution in [3.8, 4) is 11.3 Å². The molecule has 1 fully saturated rings. The molecular formula is C23H26F3N7O2. The number of morpholine rings is 1. The minimum absolute atomic E-state index is 0.164. The maximum atomic E-state index is 13.8. The highest BCUT2D eigenvalue weighted by Crippen LogP contribution is 2.29. The smallest absolute Gasteiger partial charge is 0.275 e. The number of nitrogens with zero attached hydrogens (tertiary/aromatic N) is 6. The van der Waals surface area contributed by atoms with E-state index in [0.29, 0.717) is 23.5 Å². The minimum Gasteiger partial charge on any atom is -0.372 e. The number of ether oxygens (including phenoxy) is 1. The van der Waals surface area contributed by atoms with E-state index in [0.717, 1.165) is 18.6 Å². The summed E-state index contributed by atoms with van der Waals surface area (Å²) in [6.45, 7) is 6.08.